The molecule has 21 heavy (non-hydrogen) atoms. The van der Waals surface area contributed by atoms with Crippen LogP contribution in [0.15, 0.2) is 18.3 Å². The topological polar surface area (TPSA) is 75.6 Å². The number of piperazine rings is 1. The summed E-state index contributed by atoms with van der Waals surface area (Å²) in [5.41, 5.74) is 0. The number of ether oxygens (including phenoxy) is 1. The SMILES string of the molecule is COCC1(S(=O)(=O)N2CCN(c3cccnn3)CC2)CC1. The highest BCUT2D eigenvalue weighted by atomic mass is 32.2. The molecule has 2 aliphatic rings. The first-order valence-electron chi connectivity index (χ1n) is 7.10. The predicted molar refractivity (Wildman–Crippen MR) is 78.6 cm³/mol. The Morgan fingerprint density at radius 1 is 1.29 bits per heavy atom. The lowest BCUT2D eigenvalue weighted by molar-refractivity contribution is 0.188. The molecule has 0 N–H and O–H groups in total. The van der Waals surface area contributed by atoms with Gasteiger partial charge in [-0.05, 0) is 25.0 Å². The number of methoxy groups -OCH3 is 1. The van der Waals surface area contributed by atoms with E-state index in [1.165, 1.54) is 0 Å². The van der Waals surface area contributed by atoms with E-state index >= 15 is 0 Å². The number of anilines is 1. The molecule has 0 aromatic carbocycles. The van der Waals surface area contributed by atoms with E-state index < -0.39 is 14.8 Å². The minimum Gasteiger partial charge on any atom is -0.383 e. The molecule has 0 amide bonds. The summed E-state index contributed by atoms with van der Waals surface area (Å²) in [5, 5.41) is 7.93. The first-order chi connectivity index (χ1) is 10.1. The molecule has 0 unspecified atom stereocenters. The monoisotopic (exact) mass is 312 g/mol. The van der Waals surface area contributed by atoms with Crippen LogP contribution in [0.2, 0.25) is 0 Å². The molecule has 3 rings (SSSR count). The van der Waals surface area contributed by atoms with Crippen molar-refractivity contribution in [1.82, 2.24) is 14.5 Å². The van der Waals surface area contributed by atoms with E-state index in [9.17, 15) is 8.42 Å². The average Bonchev–Trinajstić information content (AvgIpc) is 3.30. The molecule has 0 spiro atoms. The minimum atomic E-state index is -3.27. The Hall–Kier alpha value is -1.25. The summed E-state index contributed by atoms with van der Waals surface area (Å²) in [7, 11) is -1.72. The number of aromatic nitrogens is 2. The predicted octanol–water partition coefficient (Wildman–Crippen LogP) is 0.107. The Bertz CT molecular complexity index is 581. The Kier molecular flexibility index (Phi) is 3.85. The van der Waals surface area contributed by atoms with Crippen molar-refractivity contribution in [3.05, 3.63) is 18.3 Å². The van der Waals surface area contributed by atoms with E-state index in [1.54, 1.807) is 17.6 Å². The largest absolute Gasteiger partial charge is 0.383 e. The van der Waals surface area contributed by atoms with Crippen LogP contribution in [0.1, 0.15) is 12.8 Å². The maximum atomic E-state index is 12.7. The molecule has 0 atom stereocenters. The average molecular weight is 312 g/mol. The molecule has 1 aromatic rings. The molecular weight excluding hydrogens is 292 g/mol. The molecule has 0 radical (unpaired) electrons. The van der Waals surface area contributed by atoms with Crippen LogP contribution < -0.4 is 4.90 Å². The number of hydrogen-bond acceptors (Lipinski definition) is 6. The lowest BCUT2D eigenvalue weighted by Gasteiger charge is -2.36. The van der Waals surface area contributed by atoms with E-state index in [-0.39, 0.29) is 0 Å². The minimum absolute atomic E-state index is 0.291. The van der Waals surface area contributed by atoms with Crippen LogP contribution in [-0.2, 0) is 14.8 Å². The fourth-order valence-corrected chi connectivity index (χ4v) is 4.85. The summed E-state index contributed by atoms with van der Waals surface area (Å²) in [6.45, 7) is 2.55. The van der Waals surface area contributed by atoms with Crippen molar-refractivity contribution in [2.24, 2.45) is 0 Å². The van der Waals surface area contributed by atoms with E-state index in [0.717, 1.165) is 5.82 Å². The standard InChI is InChI=1S/C13H20N4O3S/c1-20-11-13(4-5-13)21(18,19)17-9-7-16(8-10-17)12-3-2-6-14-15-12/h2-3,6H,4-5,7-11H2,1H3. The summed E-state index contributed by atoms with van der Waals surface area (Å²) in [5.74, 6) is 0.799. The van der Waals surface area contributed by atoms with Crippen LogP contribution in [0, 0.1) is 0 Å². The fraction of sp³-hybridized carbons (Fsp3) is 0.692. The van der Waals surface area contributed by atoms with Gasteiger partial charge in [0.1, 0.15) is 4.75 Å². The van der Waals surface area contributed by atoms with Crippen LogP contribution in [0.4, 0.5) is 5.82 Å². The van der Waals surface area contributed by atoms with Gasteiger partial charge in [0.2, 0.25) is 10.0 Å². The van der Waals surface area contributed by atoms with Crippen molar-refractivity contribution in [1.29, 1.82) is 0 Å². The highest BCUT2D eigenvalue weighted by Crippen LogP contribution is 2.45. The Balaban J connectivity index is 1.66. The zero-order valence-corrected chi connectivity index (χ0v) is 12.9. The molecule has 1 aliphatic heterocycles. The molecule has 1 saturated carbocycles. The van der Waals surface area contributed by atoms with Crippen molar-refractivity contribution in [3.63, 3.8) is 0 Å². The summed E-state index contributed by atoms with van der Waals surface area (Å²) in [6.07, 6.45) is 3.03. The van der Waals surface area contributed by atoms with E-state index in [2.05, 4.69) is 15.1 Å². The van der Waals surface area contributed by atoms with Crippen molar-refractivity contribution in [2.45, 2.75) is 17.6 Å². The van der Waals surface area contributed by atoms with Crippen molar-refractivity contribution >= 4 is 15.8 Å². The maximum absolute atomic E-state index is 12.7. The Morgan fingerprint density at radius 2 is 2.00 bits per heavy atom. The van der Waals surface area contributed by atoms with Gasteiger partial charge in [0.05, 0.1) is 6.61 Å². The van der Waals surface area contributed by atoms with Crippen molar-refractivity contribution in [3.8, 4) is 0 Å². The molecular formula is C13H20N4O3S. The molecule has 2 fully saturated rings. The van der Waals surface area contributed by atoms with Crippen LogP contribution in [-0.4, -0.2) is 67.6 Å². The molecule has 1 aliphatic carbocycles. The zero-order valence-electron chi connectivity index (χ0n) is 12.1. The maximum Gasteiger partial charge on any atom is 0.222 e. The van der Waals surface area contributed by atoms with Gasteiger partial charge < -0.3 is 9.64 Å². The van der Waals surface area contributed by atoms with Crippen LogP contribution in [0.25, 0.3) is 0 Å². The van der Waals surface area contributed by atoms with Crippen molar-refractivity contribution in [2.75, 3.05) is 44.8 Å². The van der Waals surface area contributed by atoms with Gasteiger partial charge in [-0.1, -0.05) is 0 Å². The third-order valence-corrected chi connectivity index (χ3v) is 6.89. The van der Waals surface area contributed by atoms with E-state index in [4.69, 9.17) is 4.74 Å². The fourth-order valence-electron chi connectivity index (χ4n) is 2.77. The molecule has 0 bridgehead atoms. The quantitative estimate of drug-likeness (QED) is 0.768. The molecule has 116 valence electrons. The summed E-state index contributed by atoms with van der Waals surface area (Å²) >= 11 is 0. The van der Waals surface area contributed by atoms with Crippen LogP contribution in [0.3, 0.4) is 0 Å². The number of nitrogens with zero attached hydrogens (tertiary/aromatic N) is 4. The van der Waals surface area contributed by atoms with Crippen molar-refractivity contribution < 1.29 is 13.2 Å². The third kappa shape index (κ3) is 2.63. The normalized spacial score (nSPS) is 22.2. The summed E-state index contributed by atoms with van der Waals surface area (Å²) < 4.78 is 31.4. The highest BCUT2D eigenvalue weighted by molar-refractivity contribution is 7.90. The Labute approximate surface area is 125 Å². The van der Waals surface area contributed by atoms with Gasteiger partial charge in [-0.3, -0.25) is 0 Å². The molecule has 1 saturated heterocycles. The van der Waals surface area contributed by atoms with Gasteiger partial charge in [0.25, 0.3) is 0 Å². The van der Waals surface area contributed by atoms with Crippen LogP contribution in [0.5, 0.6) is 0 Å². The van der Waals surface area contributed by atoms with E-state index in [1.807, 2.05) is 12.1 Å². The lowest BCUT2D eigenvalue weighted by atomic mass is 10.3. The van der Waals surface area contributed by atoms with Gasteiger partial charge in [0, 0.05) is 39.5 Å². The molecule has 7 nitrogen and oxygen atoms in total. The van der Waals surface area contributed by atoms with Gasteiger partial charge in [-0.25, -0.2) is 8.42 Å². The summed E-state index contributed by atoms with van der Waals surface area (Å²) in [6, 6.07) is 3.73. The van der Waals surface area contributed by atoms with Gasteiger partial charge in [0.15, 0.2) is 5.82 Å². The summed E-state index contributed by atoms with van der Waals surface area (Å²) in [4.78, 5) is 2.06. The van der Waals surface area contributed by atoms with Gasteiger partial charge >= 0.3 is 0 Å². The third-order valence-electron chi connectivity index (χ3n) is 4.22. The molecule has 8 heteroatoms. The highest BCUT2D eigenvalue weighted by Gasteiger charge is 2.57. The number of rotatable bonds is 5. The molecule has 1 aromatic heterocycles. The van der Waals surface area contributed by atoms with Gasteiger partial charge in [-0.2, -0.15) is 9.40 Å². The Morgan fingerprint density at radius 3 is 2.52 bits per heavy atom. The first kappa shape index (κ1) is 14.7. The lowest BCUT2D eigenvalue weighted by Crippen LogP contribution is -2.52. The second kappa shape index (κ2) is 5.51. The van der Waals surface area contributed by atoms with Gasteiger partial charge in [-0.15, -0.1) is 5.10 Å². The first-order valence-corrected chi connectivity index (χ1v) is 8.54. The second-order valence-corrected chi connectivity index (χ2v) is 7.92. The number of hydrogen-bond donors (Lipinski definition) is 0. The molecule has 2 heterocycles. The number of sulfonamides is 1. The van der Waals surface area contributed by atoms with E-state index in [0.29, 0.717) is 45.6 Å². The zero-order chi connectivity index (χ0) is 14.9. The second-order valence-electron chi connectivity index (χ2n) is 5.59. The smallest absolute Gasteiger partial charge is 0.222 e. The van der Waals surface area contributed by atoms with Crippen LogP contribution >= 0.6 is 0 Å².